The molecule has 0 atom stereocenters. The fourth-order valence-electron chi connectivity index (χ4n) is 1.45. The molecule has 2 aromatic rings. The van der Waals surface area contributed by atoms with E-state index in [0.29, 0.717) is 18.2 Å². The molecule has 2 heterocycles. The number of rotatable bonds is 4. The Balaban J connectivity index is 2.09. The average molecular weight is 261 g/mol. The number of amides is 1. The maximum Gasteiger partial charge on any atom is 0.258 e. The van der Waals surface area contributed by atoms with Crippen molar-refractivity contribution in [2.24, 2.45) is 0 Å². The van der Waals surface area contributed by atoms with Crippen molar-refractivity contribution in [3.8, 4) is 5.88 Å². The third kappa shape index (κ3) is 3.25. The summed E-state index contributed by atoms with van der Waals surface area (Å²) in [6.07, 6.45) is 3.79. The summed E-state index contributed by atoms with van der Waals surface area (Å²) in [5.74, 6) is -0.750. The number of nitrogens with zero attached hydrogens (tertiary/aromatic N) is 2. The SMILES string of the molecule is CCOc1ccc(NC(=O)c2ccncc2F)cn1. The number of hydrogen-bond donors (Lipinski definition) is 1. The fourth-order valence-corrected chi connectivity index (χ4v) is 1.45. The van der Waals surface area contributed by atoms with Crippen LogP contribution in [0.1, 0.15) is 17.3 Å². The van der Waals surface area contributed by atoms with Crippen LogP contribution in [0.3, 0.4) is 0 Å². The topological polar surface area (TPSA) is 64.1 Å². The van der Waals surface area contributed by atoms with E-state index in [0.717, 1.165) is 6.20 Å². The van der Waals surface area contributed by atoms with Crippen LogP contribution in [0.5, 0.6) is 5.88 Å². The maximum absolute atomic E-state index is 13.3. The third-order valence-electron chi connectivity index (χ3n) is 2.30. The molecule has 2 aromatic heterocycles. The van der Waals surface area contributed by atoms with E-state index in [2.05, 4.69) is 15.3 Å². The molecule has 0 unspecified atom stereocenters. The Bertz CT molecular complexity index is 572. The summed E-state index contributed by atoms with van der Waals surface area (Å²) in [6, 6.07) is 4.57. The van der Waals surface area contributed by atoms with E-state index >= 15 is 0 Å². The lowest BCUT2D eigenvalue weighted by atomic mass is 10.2. The first-order valence-corrected chi connectivity index (χ1v) is 5.70. The number of aromatic nitrogens is 2. The van der Waals surface area contributed by atoms with E-state index in [1.54, 1.807) is 12.1 Å². The first kappa shape index (κ1) is 12.9. The number of hydrogen-bond acceptors (Lipinski definition) is 4. The highest BCUT2D eigenvalue weighted by Crippen LogP contribution is 2.13. The first-order chi connectivity index (χ1) is 9.20. The quantitative estimate of drug-likeness (QED) is 0.917. The first-order valence-electron chi connectivity index (χ1n) is 5.70. The van der Waals surface area contributed by atoms with Crippen molar-refractivity contribution < 1.29 is 13.9 Å². The number of nitrogens with one attached hydrogen (secondary N) is 1. The predicted octanol–water partition coefficient (Wildman–Crippen LogP) is 2.27. The molecule has 0 aliphatic rings. The molecule has 6 heteroatoms. The van der Waals surface area contributed by atoms with Crippen LogP contribution in [0.15, 0.2) is 36.8 Å². The van der Waals surface area contributed by atoms with Gasteiger partial charge in [0.25, 0.3) is 5.91 Å². The van der Waals surface area contributed by atoms with Crippen LogP contribution < -0.4 is 10.1 Å². The Morgan fingerprint density at radius 3 is 2.84 bits per heavy atom. The Morgan fingerprint density at radius 1 is 1.37 bits per heavy atom. The van der Waals surface area contributed by atoms with Gasteiger partial charge in [0.05, 0.1) is 30.3 Å². The normalized spacial score (nSPS) is 10.0. The molecular formula is C13H12FN3O2. The van der Waals surface area contributed by atoms with Gasteiger partial charge in [0.1, 0.15) is 0 Å². The van der Waals surface area contributed by atoms with Gasteiger partial charge in [-0.3, -0.25) is 9.78 Å². The molecule has 1 amide bonds. The number of ether oxygens (including phenoxy) is 1. The van der Waals surface area contributed by atoms with Gasteiger partial charge in [-0.2, -0.15) is 0 Å². The van der Waals surface area contributed by atoms with Crippen molar-refractivity contribution in [3.63, 3.8) is 0 Å². The van der Waals surface area contributed by atoms with Gasteiger partial charge in [0.2, 0.25) is 5.88 Å². The van der Waals surface area contributed by atoms with Crippen LogP contribution in [0, 0.1) is 5.82 Å². The fraction of sp³-hybridized carbons (Fsp3) is 0.154. The van der Waals surface area contributed by atoms with E-state index in [4.69, 9.17) is 4.74 Å². The van der Waals surface area contributed by atoms with Gasteiger partial charge in [-0.25, -0.2) is 9.37 Å². The van der Waals surface area contributed by atoms with E-state index < -0.39 is 11.7 Å². The molecule has 5 nitrogen and oxygen atoms in total. The molecule has 0 saturated heterocycles. The number of pyridine rings is 2. The van der Waals surface area contributed by atoms with Crippen LogP contribution in [-0.4, -0.2) is 22.5 Å². The molecule has 0 fully saturated rings. The summed E-state index contributed by atoms with van der Waals surface area (Å²) in [6.45, 7) is 2.37. The van der Waals surface area contributed by atoms with Gasteiger partial charge in [-0.15, -0.1) is 0 Å². The number of carbonyl (C=O) groups is 1. The third-order valence-corrected chi connectivity index (χ3v) is 2.30. The second-order valence-electron chi connectivity index (χ2n) is 3.63. The van der Waals surface area contributed by atoms with Crippen LogP contribution in [0.2, 0.25) is 0 Å². The van der Waals surface area contributed by atoms with Gasteiger partial charge < -0.3 is 10.1 Å². The lowest BCUT2D eigenvalue weighted by Crippen LogP contribution is -2.14. The minimum absolute atomic E-state index is 0.0658. The summed E-state index contributed by atoms with van der Waals surface area (Å²) < 4.78 is 18.5. The summed E-state index contributed by atoms with van der Waals surface area (Å²) in [4.78, 5) is 19.4. The predicted molar refractivity (Wildman–Crippen MR) is 67.6 cm³/mol. The van der Waals surface area contributed by atoms with Gasteiger partial charge in [0.15, 0.2) is 5.82 Å². The largest absolute Gasteiger partial charge is 0.478 e. The van der Waals surface area contributed by atoms with Crippen molar-refractivity contribution in [2.75, 3.05) is 11.9 Å². The van der Waals surface area contributed by atoms with E-state index in [1.807, 2.05) is 6.92 Å². The van der Waals surface area contributed by atoms with Crippen LogP contribution in [-0.2, 0) is 0 Å². The second kappa shape index (κ2) is 5.90. The summed E-state index contributed by atoms with van der Waals surface area (Å²) in [7, 11) is 0. The molecular weight excluding hydrogens is 249 g/mol. The minimum Gasteiger partial charge on any atom is -0.478 e. The van der Waals surface area contributed by atoms with E-state index in [1.165, 1.54) is 18.5 Å². The Hall–Kier alpha value is -2.50. The van der Waals surface area contributed by atoms with Gasteiger partial charge >= 0.3 is 0 Å². The molecule has 19 heavy (non-hydrogen) atoms. The Labute approximate surface area is 109 Å². The van der Waals surface area contributed by atoms with Crippen molar-refractivity contribution >= 4 is 11.6 Å². The lowest BCUT2D eigenvalue weighted by Gasteiger charge is -2.06. The second-order valence-corrected chi connectivity index (χ2v) is 3.63. The molecule has 0 radical (unpaired) electrons. The molecule has 0 aliphatic carbocycles. The molecule has 98 valence electrons. The molecule has 2 rings (SSSR count). The molecule has 0 bridgehead atoms. The monoisotopic (exact) mass is 261 g/mol. The zero-order chi connectivity index (χ0) is 13.7. The van der Waals surface area contributed by atoms with E-state index in [-0.39, 0.29) is 5.56 Å². The molecule has 1 N–H and O–H groups in total. The van der Waals surface area contributed by atoms with Crippen molar-refractivity contribution in [3.05, 3.63) is 48.2 Å². The Kier molecular flexibility index (Phi) is 4.02. The molecule has 0 aromatic carbocycles. The highest BCUT2D eigenvalue weighted by molar-refractivity contribution is 6.04. The van der Waals surface area contributed by atoms with E-state index in [9.17, 15) is 9.18 Å². The van der Waals surface area contributed by atoms with Crippen molar-refractivity contribution in [2.45, 2.75) is 6.92 Å². The van der Waals surface area contributed by atoms with Gasteiger partial charge in [0, 0.05) is 12.3 Å². The lowest BCUT2D eigenvalue weighted by molar-refractivity contribution is 0.102. The minimum atomic E-state index is -0.668. The van der Waals surface area contributed by atoms with Crippen molar-refractivity contribution in [1.82, 2.24) is 9.97 Å². The van der Waals surface area contributed by atoms with Crippen molar-refractivity contribution in [1.29, 1.82) is 0 Å². The number of anilines is 1. The number of carbonyl (C=O) groups excluding carboxylic acids is 1. The maximum atomic E-state index is 13.3. The van der Waals surface area contributed by atoms with Gasteiger partial charge in [-0.1, -0.05) is 0 Å². The highest BCUT2D eigenvalue weighted by Gasteiger charge is 2.11. The molecule has 0 saturated carbocycles. The summed E-state index contributed by atoms with van der Waals surface area (Å²) >= 11 is 0. The van der Waals surface area contributed by atoms with Crippen LogP contribution in [0.25, 0.3) is 0 Å². The zero-order valence-corrected chi connectivity index (χ0v) is 10.3. The zero-order valence-electron chi connectivity index (χ0n) is 10.3. The molecule has 0 aliphatic heterocycles. The summed E-state index contributed by atoms with van der Waals surface area (Å²) in [5, 5.41) is 2.54. The van der Waals surface area contributed by atoms with Gasteiger partial charge in [-0.05, 0) is 19.1 Å². The Morgan fingerprint density at radius 2 is 2.21 bits per heavy atom. The number of halogens is 1. The summed E-state index contributed by atoms with van der Waals surface area (Å²) in [5.41, 5.74) is 0.397. The standard InChI is InChI=1S/C13H12FN3O2/c1-2-19-12-4-3-9(7-16-12)17-13(18)10-5-6-15-8-11(10)14/h3-8H,2H2,1H3,(H,17,18). The van der Waals surface area contributed by atoms with Crippen LogP contribution in [0.4, 0.5) is 10.1 Å². The molecule has 0 spiro atoms. The average Bonchev–Trinajstić information content (AvgIpc) is 2.42. The smallest absolute Gasteiger partial charge is 0.258 e. The highest BCUT2D eigenvalue weighted by atomic mass is 19.1. The van der Waals surface area contributed by atoms with Crippen LogP contribution >= 0.6 is 0 Å².